The van der Waals surface area contributed by atoms with Gasteiger partial charge in [-0.2, -0.15) is 0 Å². The molecule has 0 bridgehead atoms. The number of hydrogen-bond acceptors (Lipinski definition) is 5. The molecule has 2 unspecified atom stereocenters. The number of nitrogens with zero attached hydrogens (tertiary/aromatic N) is 1. The Morgan fingerprint density at radius 3 is 3.11 bits per heavy atom. The van der Waals surface area contributed by atoms with Gasteiger partial charge in [0.05, 0.1) is 31.1 Å². The Labute approximate surface area is 166 Å². The van der Waals surface area contributed by atoms with Gasteiger partial charge in [0.2, 0.25) is 0 Å². The van der Waals surface area contributed by atoms with E-state index in [0.29, 0.717) is 11.5 Å². The maximum atomic E-state index is 12.3. The van der Waals surface area contributed by atoms with Gasteiger partial charge in [0.25, 0.3) is 5.91 Å². The maximum absolute atomic E-state index is 12.3. The minimum Gasteiger partial charge on any atom is -0.497 e. The van der Waals surface area contributed by atoms with Gasteiger partial charge in [-0.05, 0) is 43.5 Å². The first-order valence-corrected chi connectivity index (χ1v) is 9.89. The number of amides is 1. The first kappa shape index (κ1) is 17.6. The van der Waals surface area contributed by atoms with Crippen molar-refractivity contribution in [1.82, 2.24) is 15.3 Å². The summed E-state index contributed by atoms with van der Waals surface area (Å²) in [5.41, 5.74) is 6.75. The van der Waals surface area contributed by atoms with Crippen LogP contribution in [0.5, 0.6) is 5.75 Å². The molecule has 7 nitrogen and oxygen atoms in total. The summed E-state index contributed by atoms with van der Waals surface area (Å²) in [7, 11) is 1.70. The van der Waals surface area contributed by atoms with E-state index in [0.717, 1.165) is 37.2 Å². The molecule has 152 valence electrons. The first-order chi connectivity index (χ1) is 13.6. The lowest BCUT2D eigenvalue weighted by molar-refractivity contribution is -0.120. The summed E-state index contributed by atoms with van der Waals surface area (Å²) in [4.78, 5) is 18.5. The first-order valence-electron chi connectivity index (χ1n) is 9.89. The van der Waals surface area contributed by atoms with Crippen molar-refractivity contribution in [1.29, 1.82) is 0 Å². The molecule has 1 amide bonds. The van der Waals surface area contributed by atoms with Gasteiger partial charge in [-0.15, -0.1) is 0 Å². The summed E-state index contributed by atoms with van der Waals surface area (Å²) in [6, 6.07) is 6.47. The minimum atomic E-state index is -0.243. The molecular formula is C21H30N4O3. The maximum Gasteiger partial charge on any atom is 0.264 e. The number of rotatable bonds is 2. The zero-order valence-corrected chi connectivity index (χ0v) is 16.2. The van der Waals surface area contributed by atoms with E-state index in [1.54, 1.807) is 13.4 Å². The zero-order chi connectivity index (χ0) is 19.4. The normalized spacial score (nSPS) is 29.2. The van der Waals surface area contributed by atoms with Crippen LogP contribution in [0.1, 0.15) is 33.5 Å². The lowest BCUT2D eigenvalue weighted by atomic mass is 9.72. The molecule has 4 atom stereocenters. The van der Waals surface area contributed by atoms with Crippen LogP contribution < -0.4 is 16.0 Å². The third-order valence-electron chi connectivity index (χ3n) is 6.81. The van der Waals surface area contributed by atoms with Crippen molar-refractivity contribution < 1.29 is 17.1 Å². The molecule has 4 N–H and O–H groups in total. The molecule has 0 saturated carbocycles. The number of benzene rings is 1. The summed E-state index contributed by atoms with van der Waals surface area (Å²) in [6.07, 6.45) is 3.60. The number of hydrogen-bond donors (Lipinski definition) is 3. The number of piperidine rings is 1. The van der Waals surface area contributed by atoms with Crippen molar-refractivity contribution in [2.24, 2.45) is 17.7 Å². The standard InChI is InChI=1S/C21H26N4O3.2H2/c1-11-16-9-25-6-5-13-15-7-12(27-2)3-4-18(15)23-20(13)19(25)8-14(16)17(10-28-11)21(26)24-22;;/h3-4,7,10-11,14,16,19,23H,5-6,8-9,22H2,1-2H3,(H,24,26);2*1H/t11-,14?,16+,19?;;/m0../s1. The van der Waals surface area contributed by atoms with E-state index in [9.17, 15) is 4.79 Å². The molecule has 5 rings (SSSR count). The summed E-state index contributed by atoms with van der Waals surface area (Å²) in [5.74, 6) is 6.49. The van der Waals surface area contributed by atoms with E-state index in [1.165, 1.54) is 16.6 Å². The number of hydrazine groups is 1. The van der Waals surface area contributed by atoms with E-state index < -0.39 is 0 Å². The molecule has 0 radical (unpaired) electrons. The Bertz CT molecular complexity index is 977. The van der Waals surface area contributed by atoms with Crippen LogP contribution >= 0.6 is 0 Å². The van der Waals surface area contributed by atoms with Crippen LogP contribution in [-0.2, 0) is 16.0 Å². The predicted molar refractivity (Wildman–Crippen MR) is 110 cm³/mol. The number of carbonyl (C=O) groups is 1. The van der Waals surface area contributed by atoms with Crippen LogP contribution in [-0.4, -0.2) is 42.1 Å². The van der Waals surface area contributed by atoms with Crippen LogP contribution in [0.2, 0.25) is 0 Å². The molecule has 4 heterocycles. The Morgan fingerprint density at radius 2 is 2.32 bits per heavy atom. The Morgan fingerprint density at radius 1 is 1.46 bits per heavy atom. The van der Waals surface area contributed by atoms with Gasteiger partial charge in [0.15, 0.2) is 0 Å². The largest absolute Gasteiger partial charge is 0.497 e. The molecule has 1 saturated heterocycles. The molecule has 1 aromatic heterocycles. The zero-order valence-electron chi connectivity index (χ0n) is 16.2. The monoisotopic (exact) mass is 386 g/mol. The van der Waals surface area contributed by atoms with Crippen LogP contribution in [0.15, 0.2) is 30.0 Å². The van der Waals surface area contributed by atoms with Crippen molar-refractivity contribution in [3.8, 4) is 5.75 Å². The Kier molecular flexibility index (Phi) is 4.10. The Balaban J connectivity index is 0.00000128. The van der Waals surface area contributed by atoms with Crippen molar-refractivity contribution in [3.63, 3.8) is 0 Å². The summed E-state index contributed by atoms with van der Waals surface area (Å²) < 4.78 is 11.2. The second kappa shape index (κ2) is 6.53. The van der Waals surface area contributed by atoms with Gasteiger partial charge in [-0.1, -0.05) is 0 Å². The lowest BCUT2D eigenvalue weighted by Crippen LogP contribution is -2.52. The highest BCUT2D eigenvalue weighted by Gasteiger charge is 2.46. The second-order valence-electron chi connectivity index (χ2n) is 8.08. The number of H-pyrrole nitrogens is 1. The number of carbonyl (C=O) groups excluding carboxylic acids is 1. The molecule has 0 aliphatic carbocycles. The van der Waals surface area contributed by atoms with E-state index in [4.69, 9.17) is 15.3 Å². The van der Waals surface area contributed by atoms with Crippen molar-refractivity contribution in [2.75, 3.05) is 20.2 Å². The fourth-order valence-electron chi connectivity index (χ4n) is 5.33. The third kappa shape index (κ3) is 2.53. The molecule has 0 spiro atoms. The molecule has 7 heteroatoms. The van der Waals surface area contributed by atoms with Crippen LogP contribution in [0, 0.1) is 11.8 Å². The van der Waals surface area contributed by atoms with Crippen LogP contribution in [0.25, 0.3) is 10.9 Å². The number of aromatic amines is 1. The van der Waals surface area contributed by atoms with E-state index >= 15 is 0 Å². The van der Waals surface area contributed by atoms with Crippen molar-refractivity contribution >= 4 is 16.8 Å². The quantitative estimate of drug-likeness (QED) is 0.419. The van der Waals surface area contributed by atoms with Crippen molar-refractivity contribution in [3.05, 3.63) is 41.3 Å². The van der Waals surface area contributed by atoms with E-state index in [1.807, 2.05) is 6.07 Å². The fourth-order valence-corrected chi connectivity index (χ4v) is 5.33. The summed E-state index contributed by atoms with van der Waals surface area (Å²) in [6.45, 7) is 4.03. The lowest BCUT2D eigenvalue weighted by Gasteiger charge is -2.49. The number of aromatic nitrogens is 1. The highest BCUT2D eigenvalue weighted by atomic mass is 16.5. The number of nitrogens with one attached hydrogen (secondary N) is 2. The highest BCUT2D eigenvalue weighted by molar-refractivity contribution is 5.93. The predicted octanol–water partition coefficient (Wildman–Crippen LogP) is 2.50. The number of nitrogens with two attached hydrogens (primary N) is 1. The molecule has 3 aliphatic heterocycles. The average molecular weight is 386 g/mol. The smallest absolute Gasteiger partial charge is 0.264 e. The molecule has 1 aromatic carbocycles. The highest BCUT2D eigenvalue weighted by Crippen LogP contribution is 2.47. The second-order valence-corrected chi connectivity index (χ2v) is 8.08. The molecular weight excluding hydrogens is 356 g/mol. The van der Waals surface area contributed by atoms with Gasteiger partial charge in [-0.3, -0.25) is 15.1 Å². The molecule has 2 aromatic rings. The third-order valence-corrected chi connectivity index (χ3v) is 6.81. The van der Waals surface area contributed by atoms with Gasteiger partial charge in [0.1, 0.15) is 5.75 Å². The molecule has 3 aliphatic rings. The van der Waals surface area contributed by atoms with E-state index in [2.05, 4.69) is 34.4 Å². The topological polar surface area (TPSA) is 92.6 Å². The number of ether oxygens (including phenoxy) is 2. The van der Waals surface area contributed by atoms with E-state index in [-0.39, 0.29) is 26.8 Å². The Hall–Kier alpha value is -2.51. The van der Waals surface area contributed by atoms with Crippen LogP contribution in [0.3, 0.4) is 0 Å². The van der Waals surface area contributed by atoms with Gasteiger partial charge < -0.3 is 14.5 Å². The number of methoxy groups -OCH3 is 1. The van der Waals surface area contributed by atoms with Crippen molar-refractivity contribution in [2.45, 2.75) is 31.9 Å². The average Bonchev–Trinajstić information content (AvgIpc) is 3.10. The molecule has 28 heavy (non-hydrogen) atoms. The van der Waals surface area contributed by atoms with Gasteiger partial charge in [-0.25, -0.2) is 5.84 Å². The molecule has 1 fully saturated rings. The SMILES string of the molecule is COc1ccc2[nH]c3c(c2c1)CCN1C[C@H]2C(CC31)C(C(=O)NN)=CO[C@H]2C.[HH].[HH]. The fraction of sp³-hybridized carbons (Fsp3) is 0.476. The van der Waals surface area contributed by atoms with Gasteiger partial charge >= 0.3 is 0 Å². The summed E-state index contributed by atoms with van der Waals surface area (Å²) >= 11 is 0. The minimum absolute atomic E-state index is 0. The van der Waals surface area contributed by atoms with Crippen LogP contribution in [0.4, 0.5) is 0 Å². The number of fused-ring (bicyclic) bond motifs is 6. The van der Waals surface area contributed by atoms with Gasteiger partial charge in [0, 0.05) is 44.4 Å². The summed E-state index contributed by atoms with van der Waals surface area (Å²) in [5, 5.41) is 1.24.